The van der Waals surface area contributed by atoms with Crippen LogP contribution in [0.4, 0.5) is 4.39 Å². The number of Topliss-reactive ketones (excluding diaryl/α,β-unsaturated/α-hetero) is 1. The van der Waals surface area contributed by atoms with Gasteiger partial charge < -0.3 is 15.1 Å². The first-order valence-corrected chi connectivity index (χ1v) is 8.64. The molecule has 0 unspecified atom stereocenters. The summed E-state index contributed by atoms with van der Waals surface area (Å²) in [5.74, 6) is -2.79. The predicted octanol–water partition coefficient (Wildman–Crippen LogP) is 3.00. The average molecular weight is 420 g/mol. The van der Waals surface area contributed by atoms with Gasteiger partial charge in [0.05, 0.1) is 18.2 Å². The van der Waals surface area contributed by atoms with Crippen LogP contribution in [0.25, 0.3) is 5.76 Å². The zero-order valence-electron chi connectivity index (χ0n) is 13.5. The van der Waals surface area contributed by atoms with Crippen molar-refractivity contribution in [1.29, 1.82) is 0 Å². The van der Waals surface area contributed by atoms with Gasteiger partial charge in [-0.2, -0.15) is 0 Å². The fraction of sp³-hybridized carbons (Fsp3) is 0.158. The topological polar surface area (TPSA) is 77.8 Å². The molecule has 5 nitrogen and oxygen atoms in total. The lowest BCUT2D eigenvalue weighted by Gasteiger charge is -2.24. The Morgan fingerprint density at radius 1 is 1.12 bits per heavy atom. The molecule has 0 saturated carbocycles. The Kier molecular flexibility index (Phi) is 5.20. The van der Waals surface area contributed by atoms with Crippen molar-refractivity contribution in [2.24, 2.45) is 0 Å². The zero-order valence-corrected chi connectivity index (χ0v) is 15.1. The third-order valence-corrected chi connectivity index (χ3v) is 4.73. The maximum atomic E-state index is 14.4. The summed E-state index contributed by atoms with van der Waals surface area (Å²) in [6.07, 6.45) is 0. The molecular formula is C19H15BrFNO4. The number of carbonyl (C=O) groups excluding carboxylic acids is 2. The van der Waals surface area contributed by atoms with Gasteiger partial charge in [-0.05, 0) is 18.2 Å². The van der Waals surface area contributed by atoms with Crippen molar-refractivity contribution in [3.63, 3.8) is 0 Å². The van der Waals surface area contributed by atoms with Crippen molar-refractivity contribution in [2.75, 3.05) is 13.2 Å². The summed E-state index contributed by atoms with van der Waals surface area (Å²) in [7, 11) is 0. The maximum Gasteiger partial charge on any atom is 0.295 e. The van der Waals surface area contributed by atoms with Crippen LogP contribution in [0.3, 0.4) is 0 Å². The second-order valence-electron chi connectivity index (χ2n) is 5.74. The van der Waals surface area contributed by atoms with Crippen LogP contribution in [0.5, 0.6) is 0 Å². The molecule has 2 aromatic rings. The van der Waals surface area contributed by atoms with Crippen LogP contribution in [0.1, 0.15) is 17.2 Å². The van der Waals surface area contributed by atoms with Gasteiger partial charge in [-0.3, -0.25) is 9.59 Å². The third kappa shape index (κ3) is 3.15. The van der Waals surface area contributed by atoms with E-state index in [-0.39, 0.29) is 23.4 Å². The first kappa shape index (κ1) is 18.3. The molecule has 0 aromatic heterocycles. The minimum atomic E-state index is -1.10. The quantitative estimate of drug-likeness (QED) is 0.453. The Morgan fingerprint density at radius 2 is 1.77 bits per heavy atom. The van der Waals surface area contributed by atoms with E-state index in [1.807, 2.05) is 0 Å². The number of halogens is 2. The maximum absolute atomic E-state index is 14.4. The van der Waals surface area contributed by atoms with Crippen molar-refractivity contribution < 1.29 is 24.2 Å². The minimum Gasteiger partial charge on any atom is -0.507 e. The fourth-order valence-corrected chi connectivity index (χ4v) is 3.27. The number of amides is 1. The van der Waals surface area contributed by atoms with Gasteiger partial charge >= 0.3 is 0 Å². The van der Waals surface area contributed by atoms with E-state index in [0.717, 1.165) is 9.37 Å². The zero-order chi connectivity index (χ0) is 18.8. The molecule has 2 aromatic carbocycles. The lowest BCUT2D eigenvalue weighted by Crippen LogP contribution is -2.32. The van der Waals surface area contributed by atoms with Gasteiger partial charge in [-0.15, -0.1) is 0 Å². The molecule has 1 aliphatic rings. The molecule has 2 N–H and O–H groups in total. The highest BCUT2D eigenvalue weighted by Gasteiger charge is 2.46. The van der Waals surface area contributed by atoms with Gasteiger partial charge in [0.15, 0.2) is 0 Å². The van der Waals surface area contributed by atoms with Crippen molar-refractivity contribution in [3.05, 3.63) is 75.5 Å². The number of hydrogen-bond acceptors (Lipinski definition) is 4. The number of benzene rings is 2. The highest BCUT2D eigenvalue weighted by molar-refractivity contribution is 9.10. The molecule has 1 fully saturated rings. The Labute approximate surface area is 157 Å². The standard InChI is InChI=1S/C19H15BrFNO4/c20-12-7-5-11(6-8-12)17(24)15-16(13-3-1-2-4-14(13)21)22(9-10-23)19(26)18(15)25/h1-8,16,23-24H,9-10H2/t16-/m0/s1. The molecular weight excluding hydrogens is 405 g/mol. The van der Waals surface area contributed by atoms with Crippen LogP contribution >= 0.6 is 15.9 Å². The Morgan fingerprint density at radius 3 is 2.38 bits per heavy atom. The number of rotatable bonds is 4. The van der Waals surface area contributed by atoms with Gasteiger partial charge in [0, 0.05) is 22.1 Å². The number of aliphatic hydroxyl groups excluding tert-OH is 2. The predicted molar refractivity (Wildman–Crippen MR) is 96.6 cm³/mol. The Bertz CT molecular complexity index is 895. The number of β-amino-alcohol motifs (C(OH)–C–C–N with tert-alkyl or cyclic N) is 1. The van der Waals surface area contributed by atoms with E-state index in [1.165, 1.54) is 18.2 Å². The minimum absolute atomic E-state index is 0.0822. The Balaban J connectivity index is 2.21. The molecule has 0 radical (unpaired) electrons. The van der Waals surface area contributed by atoms with Gasteiger partial charge in [-0.1, -0.05) is 46.3 Å². The molecule has 0 aliphatic carbocycles. The normalized spacial score (nSPS) is 19.2. The number of carbonyl (C=O) groups is 2. The summed E-state index contributed by atoms with van der Waals surface area (Å²) in [4.78, 5) is 26.0. The molecule has 26 heavy (non-hydrogen) atoms. The summed E-state index contributed by atoms with van der Waals surface area (Å²) in [5.41, 5.74) is 0.214. The van der Waals surface area contributed by atoms with Crippen molar-refractivity contribution >= 4 is 33.4 Å². The molecule has 1 atom stereocenters. The molecule has 7 heteroatoms. The second kappa shape index (κ2) is 7.39. The number of aliphatic hydroxyl groups is 2. The Hall–Kier alpha value is -2.51. The molecule has 1 aliphatic heterocycles. The average Bonchev–Trinajstić information content (AvgIpc) is 2.87. The monoisotopic (exact) mass is 419 g/mol. The van der Waals surface area contributed by atoms with Crippen molar-refractivity contribution in [1.82, 2.24) is 4.90 Å². The van der Waals surface area contributed by atoms with Crippen LogP contribution in [0, 0.1) is 5.82 Å². The van der Waals surface area contributed by atoms with E-state index < -0.39 is 30.2 Å². The van der Waals surface area contributed by atoms with Crippen LogP contribution < -0.4 is 0 Å². The smallest absolute Gasteiger partial charge is 0.295 e. The first-order valence-electron chi connectivity index (χ1n) is 7.85. The van der Waals surface area contributed by atoms with Crippen LogP contribution in [0.2, 0.25) is 0 Å². The number of nitrogens with zero attached hydrogens (tertiary/aromatic N) is 1. The van der Waals surface area contributed by atoms with E-state index >= 15 is 0 Å². The molecule has 1 heterocycles. The SMILES string of the molecule is O=C1C(=O)N(CCO)[C@@H](c2ccccc2F)C1=C(O)c1ccc(Br)cc1. The van der Waals surface area contributed by atoms with Crippen LogP contribution in [-0.2, 0) is 9.59 Å². The van der Waals surface area contributed by atoms with Gasteiger partial charge in [0.2, 0.25) is 0 Å². The lowest BCUT2D eigenvalue weighted by molar-refractivity contribution is -0.140. The van der Waals surface area contributed by atoms with E-state index in [9.17, 15) is 24.2 Å². The van der Waals surface area contributed by atoms with Crippen LogP contribution in [0.15, 0.2) is 58.6 Å². The summed E-state index contributed by atoms with van der Waals surface area (Å²) in [5, 5.41) is 19.9. The highest BCUT2D eigenvalue weighted by Crippen LogP contribution is 2.40. The summed E-state index contributed by atoms with van der Waals surface area (Å²) in [6.45, 7) is -0.545. The molecule has 134 valence electrons. The van der Waals surface area contributed by atoms with Gasteiger partial charge in [0.1, 0.15) is 11.6 Å². The molecule has 3 rings (SSSR count). The van der Waals surface area contributed by atoms with Crippen molar-refractivity contribution in [2.45, 2.75) is 6.04 Å². The van der Waals surface area contributed by atoms with Crippen LogP contribution in [-0.4, -0.2) is 40.0 Å². The number of ketones is 1. The summed E-state index contributed by atoms with van der Waals surface area (Å²) < 4.78 is 15.2. The highest BCUT2D eigenvalue weighted by atomic mass is 79.9. The van der Waals surface area contributed by atoms with Crippen molar-refractivity contribution in [3.8, 4) is 0 Å². The van der Waals surface area contributed by atoms with E-state index in [0.29, 0.717) is 5.56 Å². The fourth-order valence-electron chi connectivity index (χ4n) is 3.00. The largest absolute Gasteiger partial charge is 0.507 e. The van der Waals surface area contributed by atoms with E-state index in [1.54, 1.807) is 30.3 Å². The first-order chi connectivity index (χ1) is 12.5. The third-order valence-electron chi connectivity index (χ3n) is 4.20. The van der Waals surface area contributed by atoms with Gasteiger partial charge in [-0.25, -0.2) is 4.39 Å². The number of hydrogen-bond donors (Lipinski definition) is 2. The molecule has 1 saturated heterocycles. The molecule has 0 bridgehead atoms. The summed E-state index contributed by atoms with van der Waals surface area (Å²) >= 11 is 3.28. The van der Waals surface area contributed by atoms with E-state index in [4.69, 9.17) is 0 Å². The second-order valence-corrected chi connectivity index (χ2v) is 6.66. The lowest BCUT2D eigenvalue weighted by atomic mass is 9.95. The summed E-state index contributed by atoms with van der Waals surface area (Å²) in [6, 6.07) is 11.1. The number of likely N-dealkylation sites (tertiary alicyclic amines) is 1. The van der Waals surface area contributed by atoms with Gasteiger partial charge in [0.25, 0.3) is 11.7 Å². The van der Waals surface area contributed by atoms with E-state index in [2.05, 4.69) is 15.9 Å². The molecule has 0 spiro atoms. The molecule has 1 amide bonds.